The molecule has 0 N–H and O–H groups in total. The third-order valence-electron chi connectivity index (χ3n) is 6.43. The summed E-state index contributed by atoms with van der Waals surface area (Å²) in [5.74, 6) is 0.200. The molecule has 150 valence electrons. The second-order valence-corrected chi connectivity index (χ2v) is 9.61. The molecular weight excluding hydrogens is 366 g/mol. The van der Waals surface area contributed by atoms with Gasteiger partial charge in [0.25, 0.3) is 5.91 Å². The summed E-state index contributed by atoms with van der Waals surface area (Å²) in [6, 6.07) is 11.7. The highest BCUT2D eigenvalue weighted by molar-refractivity contribution is 7.13. The van der Waals surface area contributed by atoms with E-state index in [1.807, 2.05) is 13.8 Å². The SMILES string of the molecule is Cc1nc(C)c(C(=O)N2[C@H](Cc3ccccc3)C[C@H]3[C@H]2CCCCCN3C)s1. The van der Waals surface area contributed by atoms with E-state index in [1.165, 1.54) is 24.8 Å². The summed E-state index contributed by atoms with van der Waals surface area (Å²) in [6.07, 6.45) is 6.87. The molecule has 0 saturated carbocycles. The zero-order valence-electron chi connectivity index (χ0n) is 17.2. The van der Waals surface area contributed by atoms with Crippen LogP contribution in [0.25, 0.3) is 0 Å². The number of aromatic nitrogens is 1. The van der Waals surface area contributed by atoms with Gasteiger partial charge >= 0.3 is 0 Å². The third-order valence-corrected chi connectivity index (χ3v) is 7.49. The maximum absolute atomic E-state index is 13.7. The number of fused-ring (bicyclic) bond motifs is 1. The molecule has 28 heavy (non-hydrogen) atoms. The zero-order chi connectivity index (χ0) is 19.7. The van der Waals surface area contributed by atoms with E-state index >= 15 is 0 Å². The first-order chi connectivity index (χ1) is 13.5. The van der Waals surface area contributed by atoms with Crippen LogP contribution in [0.4, 0.5) is 0 Å². The molecule has 1 aromatic carbocycles. The molecule has 0 spiro atoms. The molecule has 4 rings (SSSR count). The Hall–Kier alpha value is -1.72. The normalized spacial score (nSPS) is 26.0. The fourth-order valence-electron chi connectivity index (χ4n) is 5.10. The first kappa shape index (κ1) is 19.6. The van der Waals surface area contributed by atoms with Crippen LogP contribution in [0, 0.1) is 13.8 Å². The Labute approximate surface area is 172 Å². The van der Waals surface area contributed by atoms with E-state index in [9.17, 15) is 4.79 Å². The smallest absolute Gasteiger partial charge is 0.266 e. The van der Waals surface area contributed by atoms with Crippen LogP contribution in [0.5, 0.6) is 0 Å². The summed E-state index contributed by atoms with van der Waals surface area (Å²) in [6.45, 7) is 5.10. The number of likely N-dealkylation sites (tertiary alicyclic amines) is 2. The molecule has 3 atom stereocenters. The molecule has 0 aliphatic carbocycles. The molecule has 4 nitrogen and oxygen atoms in total. The summed E-state index contributed by atoms with van der Waals surface area (Å²) in [7, 11) is 2.25. The van der Waals surface area contributed by atoms with Crippen molar-refractivity contribution in [2.75, 3.05) is 13.6 Å². The fourth-order valence-corrected chi connectivity index (χ4v) is 5.96. The van der Waals surface area contributed by atoms with Gasteiger partial charge in [0.1, 0.15) is 4.88 Å². The van der Waals surface area contributed by atoms with Crippen LogP contribution in [0.3, 0.4) is 0 Å². The summed E-state index contributed by atoms with van der Waals surface area (Å²) in [4.78, 5) is 23.8. The highest BCUT2D eigenvalue weighted by atomic mass is 32.1. The van der Waals surface area contributed by atoms with Crippen LogP contribution in [0.2, 0.25) is 0 Å². The van der Waals surface area contributed by atoms with Crippen molar-refractivity contribution < 1.29 is 4.79 Å². The Bertz CT molecular complexity index is 819. The van der Waals surface area contributed by atoms with Gasteiger partial charge in [0, 0.05) is 18.1 Å². The quantitative estimate of drug-likeness (QED) is 0.767. The fraction of sp³-hybridized carbons (Fsp3) is 0.565. The minimum atomic E-state index is 0.200. The van der Waals surface area contributed by atoms with Gasteiger partial charge in [-0.1, -0.05) is 43.2 Å². The largest absolute Gasteiger partial charge is 0.330 e. The average Bonchev–Trinajstić information content (AvgIpc) is 3.19. The molecule has 2 saturated heterocycles. The van der Waals surface area contributed by atoms with Crippen molar-refractivity contribution in [3.8, 4) is 0 Å². The average molecular weight is 398 g/mol. The van der Waals surface area contributed by atoms with Crippen LogP contribution >= 0.6 is 11.3 Å². The number of hydrogen-bond donors (Lipinski definition) is 0. The lowest BCUT2D eigenvalue weighted by Gasteiger charge is -2.36. The van der Waals surface area contributed by atoms with Gasteiger partial charge in [-0.05, 0) is 58.7 Å². The number of carbonyl (C=O) groups is 1. The molecule has 2 aliphatic heterocycles. The van der Waals surface area contributed by atoms with Gasteiger partial charge in [-0.3, -0.25) is 4.79 Å². The van der Waals surface area contributed by atoms with Gasteiger partial charge in [-0.15, -0.1) is 11.3 Å². The number of amides is 1. The Morgan fingerprint density at radius 2 is 1.93 bits per heavy atom. The molecule has 2 fully saturated rings. The first-order valence-corrected chi connectivity index (χ1v) is 11.4. The molecule has 3 heterocycles. The molecule has 2 aliphatic rings. The second-order valence-electron chi connectivity index (χ2n) is 8.40. The molecule has 1 aromatic heterocycles. The molecule has 1 amide bonds. The van der Waals surface area contributed by atoms with Crippen LogP contribution in [-0.2, 0) is 6.42 Å². The predicted octanol–water partition coefficient (Wildman–Crippen LogP) is 4.46. The van der Waals surface area contributed by atoms with E-state index in [-0.39, 0.29) is 11.9 Å². The highest BCUT2D eigenvalue weighted by Gasteiger charge is 2.46. The van der Waals surface area contributed by atoms with Crippen LogP contribution in [0.15, 0.2) is 30.3 Å². The van der Waals surface area contributed by atoms with E-state index in [2.05, 4.69) is 52.2 Å². The Balaban J connectivity index is 1.68. The van der Waals surface area contributed by atoms with E-state index in [0.717, 1.165) is 41.4 Å². The zero-order valence-corrected chi connectivity index (χ0v) is 18.0. The number of carbonyl (C=O) groups excluding carboxylic acids is 1. The van der Waals surface area contributed by atoms with E-state index in [1.54, 1.807) is 11.3 Å². The summed E-state index contributed by atoms with van der Waals surface area (Å²) in [5, 5.41) is 0.978. The molecule has 2 aromatic rings. The van der Waals surface area contributed by atoms with Crippen molar-refractivity contribution >= 4 is 17.2 Å². The maximum atomic E-state index is 13.7. The standard InChI is InChI=1S/C23H31N3OS/c1-16-22(28-17(2)24-16)23(27)26-19(14-18-10-6-4-7-11-18)15-21-20(26)12-8-5-9-13-25(21)3/h4,6-7,10-11,19-21H,5,8-9,12-15H2,1-3H3/t19-,20-,21+/m1/s1. The third kappa shape index (κ3) is 3.87. The highest BCUT2D eigenvalue weighted by Crippen LogP contribution is 2.36. The van der Waals surface area contributed by atoms with E-state index < -0.39 is 0 Å². The van der Waals surface area contributed by atoms with Gasteiger partial charge in [0.15, 0.2) is 0 Å². The number of aryl methyl sites for hydroxylation is 2. The maximum Gasteiger partial charge on any atom is 0.266 e. The number of rotatable bonds is 3. The van der Waals surface area contributed by atoms with Crippen molar-refractivity contribution in [3.05, 3.63) is 51.5 Å². The molecule has 0 bridgehead atoms. The topological polar surface area (TPSA) is 36.4 Å². The summed E-state index contributed by atoms with van der Waals surface area (Å²) in [5.41, 5.74) is 2.20. The van der Waals surface area contributed by atoms with Gasteiger partial charge < -0.3 is 9.80 Å². The van der Waals surface area contributed by atoms with Crippen molar-refractivity contribution in [3.63, 3.8) is 0 Å². The molecule has 5 heteroatoms. The Morgan fingerprint density at radius 1 is 1.14 bits per heavy atom. The lowest BCUT2D eigenvalue weighted by atomic mass is 9.96. The molecule has 0 unspecified atom stereocenters. The summed E-state index contributed by atoms with van der Waals surface area (Å²) < 4.78 is 0. The number of likely N-dealkylation sites (N-methyl/N-ethyl adjacent to an activating group) is 1. The van der Waals surface area contributed by atoms with Crippen molar-refractivity contribution in [1.82, 2.24) is 14.8 Å². The van der Waals surface area contributed by atoms with Crippen molar-refractivity contribution in [2.24, 2.45) is 0 Å². The van der Waals surface area contributed by atoms with E-state index in [0.29, 0.717) is 12.1 Å². The predicted molar refractivity (Wildman–Crippen MR) is 115 cm³/mol. The number of nitrogens with zero attached hydrogens (tertiary/aromatic N) is 3. The lowest BCUT2D eigenvalue weighted by molar-refractivity contribution is 0.0608. The van der Waals surface area contributed by atoms with Crippen LogP contribution < -0.4 is 0 Å². The first-order valence-electron chi connectivity index (χ1n) is 10.6. The van der Waals surface area contributed by atoms with Gasteiger partial charge in [-0.25, -0.2) is 4.98 Å². The van der Waals surface area contributed by atoms with Gasteiger partial charge in [0.2, 0.25) is 0 Å². The summed E-state index contributed by atoms with van der Waals surface area (Å²) >= 11 is 1.55. The number of benzene rings is 1. The molecule has 0 radical (unpaired) electrons. The Kier molecular flexibility index (Phi) is 5.83. The van der Waals surface area contributed by atoms with Gasteiger partial charge in [0.05, 0.1) is 10.7 Å². The monoisotopic (exact) mass is 397 g/mol. The minimum absolute atomic E-state index is 0.200. The van der Waals surface area contributed by atoms with Crippen LogP contribution in [-0.4, -0.2) is 52.4 Å². The van der Waals surface area contributed by atoms with Crippen molar-refractivity contribution in [2.45, 2.75) is 70.5 Å². The van der Waals surface area contributed by atoms with E-state index in [4.69, 9.17) is 0 Å². The lowest BCUT2D eigenvalue weighted by Crippen LogP contribution is -2.48. The van der Waals surface area contributed by atoms with Crippen LogP contribution in [0.1, 0.15) is 58.0 Å². The Morgan fingerprint density at radius 3 is 2.64 bits per heavy atom. The van der Waals surface area contributed by atoms with Crippen molar-refractivity contribution in [1.29, 1.82) is 0 Å². The minimum Gasteiger partial charge on any atom is -0.330 e. The van der Waals surface area contributed by atoms with Gasteiger partial charge in [-0.2, -0.15) is 0 Å². The number of hydrogen-bond acceptors (Lipinski definition) is 4. The second kappa shape index (κ2) is 8.34. The molecular formula is C23H31N3OS. The number of thiazole rings is 1.